The van der Waals surface area contributed by atoms with Crippen LogP contribution < -0.4 is 16.0 Å². The number of anilines is 3. The number of hydrogen-bond donors (Lipinski definition) is 3. The Morgan fingerprint density at radius 2 is 1.67 bits per heavy atom. The summed E-state index contributed by atoms with van der Waals surface area (Å²) in [6, 6.07) is 8.62. The van der Waals surface area contributed by atoms with Gasteiger partial charge in [-0.05, 0) is 43.3 Å². The minimum Gasteiger partial charge on any atom is -0.384 e. The van der Waals surface area contributed by atoms with E-state index in [-0.39, 0.29) is 22.2 Å². The summed E-state index contributed by atoms with van der Waals surface area (Å²) in [5.41, 5.74) is 1.12. The van der Waals surface area contributed by atoms with Gasteiger partial charge in [0.25, 0.3) is 0 Å². The smallest absolute Gasteiger partial charge is 0.243 e. The Hall–Kier alpha value is -2.36. The van der Waals surface area contributed by atoms with Crippen LogP contribution >= 0.6 is 11.6 Å². The van der Waals surface area contributed by atoms with Crippen molar-refractivity contribution in [1.82, 2.24) is 4.31 Å². The van der Waals surface area contributed by atoms with E-state index in [9.17, 15) is 17.6 Å². The van der Waals surface area contributed by atoms with Gasteiger partial charge in [0.05, 0.1) is 28.5 Å². The molecule has 0 saturated carbocycles. The van der Waals surface area contributed by atoms with Crippen LogP contribution in [0.1, 0.15) is 20.8 Å². The third-order valence-electron chi connectivity index (χ3n) is 4.35. The molecule has 0 atom stereocenters. The highest BCUT2D eigenvalue weighted by atomic mass is 35.5. The van der Waals surface area contributed by atoms with Gasteiger partial charge in [-0.25, -0.2) is 12.8 Å². The maximum atomic E-state index is 13.9. The first-order valence-electron chi connectivity index (χ1n) is 9.59. The summed E-state index contributed by atoms with van der Waals surface area (Å²) >= 11 is 5.71. The predicted octanol–water partition coefficient (Wildman–Crippen LogP) is 3.99. The van der Waals surface area contributed by atoms with Crippen molar-refractivity contribution >= 4 is 44.6 Å². The highest BCUT2D eigenvalue weighted by Crippen LogP contribution is 2.27. The molecule has 0 bridgehead atoms. The average molecular weight is 457 g/mol. The molecule has 2 aromatic rings. The summed E-state index contributed by atoms with van der Waals surface area (Å²) in [4.78, 5) is 12.4. The Balaban J connectivity index is 2.21. The zero-order valence-electron chi connectivity index (χ0n) is 17.1. The van der Waals surface area contributed by atoms with E-state index in [2.05, 4.69) is 16.0 Å². The summed E-state index contributed by atoms with van der Waals surface area (Å²) in [6.07, 6.45) is 0. The number of benzene rings is 2. The van der Waals surface area contributed by atoms with Crippen LogP contribution in [0.3, 0.4) is 0 Å². The molecule has 0 aliphatic rings. The molecule has 0 radical (unpaired) electrons. The first-order chi connectivity index (χ1) is 14.2. The van der Waals surface area contributed by atoms with Crippen LogP contribution in [0.4, 0.5) is 21.5 Å². The van der Waals surface area contributed by atoms with Crippen molar-refractivity contribution in [2.45, 2.75) is 25.7 Å². The molecule has 2 aromatic carbocycles. The molecule has 0 aliphatic heterocycles. The maximum Gasteiger partial charge on any atom is 0.243 e. The lowest BCUT2D eigenvalue weighted by molar-refractivity contribution is -0.114. The van der Waals surface area contributed by atoms with E-state index in [1.165, 1.54) is 28.6 Å². The molecular weight excluding hydrogens is 431 g/mol. The monoisotopic (exact) mass is 456 g/mol. The van der Waals surface area contributed by atoms with Crippen LogP contribution in [0.15, 0.2) is 41.3 Å². The number of halogens is 2. The molecule has 30 heavy (non-hydrogen) atoms. The number of hydrogen-bond acceptors (Lipinski definition) is 5. The van der Waals surface area contributed by atoms with Gasteiger partial charge < -0.3 is 16.0 Å². The second kappa shape index (κ2) is 10.6. The van der Waals surface area contributed by atoms with Crippen molar-refractivity contribution in [3.63, 3.8) is 0 Å². The van der Waals surface area contributed by atoms with Crippen LogP contribution in [0.2, 0.25) is 5.02 Å². The van der Waals surface area contributed by atoms with E-state index in [0.29, 0.717) is 31.0 Å². The maximum absolute atomic E-state index is 13.9. The Morgan fingerprint density at radius 1 is 1.00 bits per heavy atom. The van der Waals surface area contributed by atoms with Gasteiger partial charge in [-0.1, -0.05) is 25.4 Å². The van der Waals surface area contributed by atoms with Crippen molar-refractivity contribution in [2.75, 3.05) is 42.1 Å². The van der Waals surface area contributed by atoms with Gasteiger partial charge in [0, 0.05) is 24.7 Å². The highest BCUT2D eigenvalue weighted by Gasteiger charge is 2.22. The van der Waals surface area contributed by atoms with Crippen molar-refractivity contribution in [2.24, 2.45) is 0 Å². The van der Waals surface area contributed by atoms with Crippen LogP contribution in [0.25, 0.3) is 0 Å². The number of carbonyl (C=O) groups excluding carboxylic acids is 1. The normalized spacial score (nSPS) is 11.4. The molecule has 2 rings (SSSR count). The summed E-state index contributed by atoms with van der Waals surface area (Å²) in [5.74, 6) is -1.13. The molecule has 1 amide bonds. The molecule has 0 unspecified atom stereocenters. The van der Waals surface area contributed by atoms with Gasteiger partial charge in [0.15, 0.2) is 0 Å². The number of sulfonamides is 1. The first-order valence-corrected chi connectivity index (χ1v) is 11.4. The van der Waals surface area contributed by atoms with E-state index < -0.39 is 21.7 Å². The minimum absolute atomic E-state index is 0.0102. The molecule has 0 aliphatic carbocycles. The van der Waals surface area contributed by atoms with Gasteiger partial charge in [-0.2, -0.15) is 4.31 Å². The second-order valence-corrected chi connectivity index (χ2v) is 8.73. The Kier molecular flexibility index (Phi) is 8.45. The second-order valence-electron chi connectivity index (χ2n) is 6.35. The van der Waals surface area contributed by atoms with Gasteiger partial charge in [-0.3, -0.25) is 4.79 Å². The molecule has 0 fully saturated rings. The van der Waals surface area contributed by atoms with Crippen LogP contribution in [-0.2, 0) is 14.8 Å². The number of carbonyl (C=O) groups is 1. The Bertz CT molecular complexity index is 998. The third kappa shape index (κ3) is 5.84. The largest absolute Gasteiger partial charge is 0.384 e. The molecule has 7 nitrogen and oxygen atoms in total. The standard InChI is InChI=1S/C20H26ClFN4O3S/c1-4-23-18-10-8-15(30(28,29)26(5-2)6-3)12-19(18)24-13-20(27)25-17-9-7-14(21)11-16(17)22/h7-12,23-24H,4-6,13H2,1-3H3,(H,25,27). The number of amides is 1. The van der Waals surface area contributed by atoms with Crippen molar-refractivity contribution < 1.29 is 17.6 Å². The lowest BCUT2D eigenvalue weighted by Crippen LogP contribution is -2.30. The zero-order valence-corrected chi connectivity index (χ0v) is 18.7. The highest BCUT2D eigenvalue weighted by molar-refractivity contribution is 7.89. The molecular formula is C20H26ClFN4O3S. The van der Waals surface area contributed by atoms with E-state index in [1.807, 2.05) is 6.92 Å². The topological polar surface area (TPSA) is 90.5 Å². The first kappa shape index (κ1) is 23.9. The summed E-state index contributed by atoms with van der Waals surface area (Å²) in [6.45, 7) is 6.58. The van der Waals surface area contributed by atoms with Crippen molar-refractivity contribution in [3.8, 4) is 0 Å². The molecule has 0 aromatic heterocycles. The summed E-state index contributed by atoms with van der Waals surface area (Å²) in [7, 11) is -3.65. The molecule has 0 spiro atoms. The van der Waals surface area contributed by atoms with Crippen molar-refractivity contribution in [3.05, 3.63) is 47.2 Å². The fraction of sp³-hybridized carbons (Fsp3) is 0.350. The number of rotatable bonds is 10. The van der Waals surface area contributed by atoms with Gasteiger partial charge >= 0.3 is 0 Å². The SMILES string of the molecule is CCNc1ccc(S(=O)(=O)N(CC)CC)cc1NCC(=O)Nc1ccc(Cl)cc1F. The lowest BCUT2D eigenvalue weighted by atomic mass is 10.2. The van der Waals surface area contributed by atoms with Crippen LogP contribution in [-0.4, -0.2) is 44.8 Å². The lowest BCUT2D eigenvalue weighted by Gasteiger charge is -2.20. The fourth-order valence-corrected chi connectivity index (χ4v) is 4.49. The molecule has 164 valence electrons. The molecule has 0 heterocycles. The van der Waals surface area contributed by atoms with E-state index in [0.717, 1.165) is 6.07 Å². The number of nitrogens with zero attached hydrogens (tertiary/aromatic N) is 1. The zero-order chi connectivity index (χ0) is 22.3. The van der Waals surface area contributed by atoms with E-state index in [1.54, 1.807) is 19.9 Å². The van der Waals surface area contributed by atoms with E-state index >= 15 is 0 Å². The Labute approximate surface area is 181 Å². The van der Waals surface area contributed by atoms with Gasteiger partial charge in [0.2, 0.25) is 15.9 Å². The van der Waals surface area contributed by atoms with E-state index in [4.69, 9.17) is 11.6 Å². The van der Waals surface area contributed by atoms with Crippen molar-refractivity contribution in [1.29, 1.82) is 0 Å². The van der Waals surface area contributed by atoms with Crippen LogP contribution in [0.5, 0.6) is 0 Å². The Morgan fingerprint density at radius 3 is 2.27 bits per heavy atom. The molecule has 3 N–H and O–H groups in total. The predicted molar refractivity (Wildman–Crippen MR) is 119 cm³/mol. The quantitative estimate of drug-likeness (QED) is 0.503. The molecule has 10 heteroatoms. The number of nitrogens with one attached hydrogen (secondary N) is 3. The van der Waals surface area contributed by atoms with Gasteiger partial charge in [-0.15, -0.1) is 0 Å². The third-order valence-corrected chi connectivity index (χ3v) is 6.63. The fourth-order valence-electron chi connectivity index (χ4n) is 2.85. The van der Waals surface area contributed by atoms with Crippen LogP contribution in [0, 0.1) is 5.82 Å². The average Bonchev–Trinajstić information content (AvgIpc) is 2.70. The summed E-state index contributed by atoms with van der Waals surface area (Å²) < 4.78 is 40.8. The van der Waals surface area contributed by atoms with Gasteiger partial charge in [0.1, 0.15) is 5.82 Å². The summed E-state index contributed by atoms with van der Waals surface area (Å²) in [5, 5.41) is 8.74. The molecule has 0 saturated heterocycles. The minimum atomic E-state index is -3.65.